The Morgan fingerprint density at radius 3 is 2.19 bits per heavy atom. The van der Waals surface area contributed by atoms with Gasteiger partial charge in [-0.3, -0.25) is 10.1 Å². The molecule has 0 aromatic heterocycles. The quantitative estimate of drug-likeness (QED) is 0.690. The van der Waals surface area contributed by atoms with Gasteiger partial charge in [-0.25, -0.2) is 9.59 Å². The van der Waals surface area contributed by atoms with E-state index >= 15 is 0 Å². The number of ether oxygens (including phenoxy) is 1. The number of carbonyl (C=O) groups is 3. The lowest BCUT2D eigenvalue weighted by molar-refractivity contribution is -0.133. The molecule has 0 unspecified atom stereocenters. The van der Waals surface area contributed by atoms with E-state index in [4.69, 9.17) is 9.84 Å². The van der Waals surface area contributed by atoms with Crippen LogP contribution in [-0.2, 0) is 14.3 Å². The van der Waals surface area contributed by atoms with Gasteiger partial charge in [-0.1, -0.05) is 13.8 Å². The number of imide groups is 1. The van der Waals surface area contributed by atoms with E-state index < -0.39 is 17.9 Å². The van der Waals surface area contributed by atoms with Gasteiger partial charge in [0.05, 0.1) is 6.61 Å². The zero-order valence-corrected chi connectivity index (χ0v) is 13.2. The molecule has 7 nitrogen and oxygen atoms in total. The Morgan fingerprint density at radius 2 is 1.76 bits per heavy atom. The zero-order chi connectivity index (χ0) is 16.6. The molecule has 0 bridgehead atoms. The van der Waals surface area contributed by atoms with Crippen molar-refractivity contribution in [3.63, 3.8) is 0 Å². The van der Waals surface area contributed by atoms with Gasteiger partial charge in [0.25, 0.3) is 5.91 Å². The summed E-state index contributed by atoms with van der Waals surface area (Å²) in [6.07, 6.45) is 0. The molecule has 0 aliphatic carbocycles. The fourth-order valence-electron chi connectivity index (χ4n) is 1.52. The van der Waals surface area contributed by atoms with Gasteiger partial charge in [-0.05, 0) is 19.8 Å². The second kappa shape index (κ2) is 9.12. The van der Waals surface area contributed by atoms with Gasteiger partial charge in [0, 0.05) is 31.3 Å². The van der Waals surface area contributed by atoms with Crippen LogP contribution in [0.4, 0.5) is 4.79 Å². The molecule has 0 atom stereocenters. The maximum atomic E-state index is 12.1. The summed E-state index contributed by atoms with van der Waals surface area (Å²) < 4.78 is 4.93. The smallest absolute Gasteiger partial charge is 0.331 e. The largest absolute Gasteiger partial charge is 0.478 e. The molecule has 0 heterocycles. The SMILES string of the molecule is COCCN(CC(C)C)C(=O)NC(=O)C(C)=C(C)C(=O)O. The van der Waals surface area contributed by atoms with E-state index in [0.717, 1.165) is 0 Å². The summed E-state index contributed by atoms with van der Waals surface area (Å²) in [6, 6.07) is -0.553. The third-order valence-corrected chi connectivity index (χ3v) is 2.88. The number of aliphatic carboxylic acids is 1. The highest BCUT2D eigenvalue weighted by Crippen LogP contribution is 2.05. The Kier molecular flexibility index (Phi) is 8.30. The Labute approximate surface area is 124 Å². The van der Waals surface area contributed by atoms with Crippen LogP contribution < -0.4 is 5.32 Å². The third-order valence-electron chi connectivity index (χ3n) is 2.88. The van der Waals surface area contributed by atoms with E-state index in [1.807, 2.05) is 13.8 Å². The number of hydrogen-bond acceptors (Lipinski definition) is 4. The van der Waals surface area contributed by atoms with Crippen molar-refractivity contribution in [3.8, 4) is 0 Å². The molecule has 0 aliphatic heterocycles. The van der Waals surface area contributed by atoms with Crippen LogP contribution in [0.2, 0.25) is 0 Å². The van der Waals surface area contributed by atoms with Crippen molar-refractivity contribution in [2.45, 2.75) is 27.7 Å². The first-order chi connectivity index (χ1) is 9.70. The van der Waals surface area contributed by atoms with Gasteiger partial charge in [-0.2, -0.15) is 0 Å². The zero-order valence-electron chi connectivity index (χ0n) is 13.2. The van der Waals surface area contributed by atoms with Crippen molar-refractivity contribution in [2.75, 3.05) is 26.8 Å². The highest BCUT2D eigenvalue weighted by Gasteiger charge is 2.20. The summed E-state index contributed by atoms with van der Waals surface area (Å²) in [7, 11) is 1.53. The van der Waals surface area contributed by atoms with E-state index in [2.05, 4.69) is 5.32 Å². The monoisotopic (exact) mass is 300 g/mol. The van der Waals surface area contributed by atoms with Gasteiger partial charge in [0.15, 0.2) is 0 Å². The second-order valence-electron chi connectivity index (χ2n) is 5.15. The highest BCUT2D eigenvalue weighted by molar-refractivity contribution is 6.07. The van der Waals surface area contributed by atoms with E-state index in [0.29, 0.717) is 19.7 Å². The van der Waals surface area contributed by atoms with Crippen molar-refractivity contribution < 1.29 is 24.2 Å². The van der Waals surface area contributed by atoms with Gasteiger partial charge in [0.2, 0.25) is 0 Å². The summed E-state index contributed by atoms with van der Waals surface area (Å²) >= 11 is 0. The maximum Gasteiger partial charge on any atom is 0.331 e. The highest BCUT2D eigenvalue weighted by atomic mass is 16.5. The van der Waals surface area contributed by atoms with E-state index in [1.54, 1.807) is 0 Å². The molecule has 0 aromatic carbocycles. The molecule has 21 heavy (non-hydrogen) atoms. The molecule has 0 aliphatic rings. The van der Waals surface area contributed by atoms with Crippen LogP contribution in [0, 0.1) is 5.92 Å². The van der Waals surface area contributed by atoms with Crippen molar-refractivity contribution in [3.05, 3.63) is 11.1 Å². The Bertz CT molecular complexity index is 429. The number of nitrogens with one attached hydrogen (secondary N) is 1. The summed E-state index contributed by atoms with van der Waals surface area (Å²) in [4.78, 5) is 36.2. The third kappa shape index (κ3) is 6.89. The number of methoxy groups -OCH3 is 1. The molecule has 2 N–H and O–H groups in total. The van der Waals surface area contributed by atoms with Crippen LogP contribution in [0.3, 0.4) is 0 Å². The van der Waals surface area contributed by atoms with E-state index in [1.165, 1.54) is 25.9 Å². The first-order valence-electron chi connectivity index (χ1n) is 6.70. The number of urea groups is 1. The Hall–Kier alpha value is -1.89. The summed E-state index contributed by atoms with van der Waals surface area (Å²) in [5.41, 5.74) is -0.0836. The van der Waals surface area contributed by atoms with E-state index in [9.17, 15) is 14.4 Å². The lowest BCUT2D eigenvalue weighted by Crippen LogP contribution is -2.46. The first kappa shape index (κ1) is 19.1. The lowest BCUT2D eigenvalue weighted by atomic mass is 10.1. The Morgan fingerprint density at radius 1 is 1.19 bits per heavy atom. The molecule has 0 saturated carbocycles. The van der Waals surface area contributed by atoms with Gasteiger partial charge in [-0.15, -0.1) is 0 Å². The summed E-state index contributed by atoms with van der Waals surface area (Å²) in [6.45, 7) is 7.78. The van der Waals surface area contributed by atoms with Crippen LogP contribution in [0.15, 0.2) is 11.1 Å². The van der Waals surface area contributed by atoms with Crippen molar-refractivity contribution >= 4 is 17.9 Å². The van der Waals surface area contributed by atoms with Crippen LogP contribution in [-0.4, -0.2) is 54.7 Å². The van der Waals surface area contributed by atoms with Crippen LogP contribution >= 0.6 is 0 Å². The molecule has 3 amide bonds. The predicted octanol–water partition coefficient (Wildman–Crippen LogP) is 1.25. The maximum absolute atomic E-state index is 12.1. The summed E-state index contributed by atoms with van der Waals surface area (Å²) in [5.74, 6) is -1.65. The molecule has 0 saturated heterocycles. The minimum absolute atomic E-state index is 0.00656. The number of nitrogens with zero attached hydrogens (tertiary/aromatic N) is 1. The van der Waals surface area contributed by atoms with Gasteiger partial charge >= 0.3 is 12.0 Å². The van der Waals surface area contributed by atoms with Gasteiger partial charge in [0.1, 0.15) is 0 Å². The van der Waals surface area contributed by atoms with Crippen LogP contribution in [0.25, 0.3) is 0 Å². The molecule has 0 aromatic rings. The molecule has 0 fully saturated rings. The molecule has 120 valence electrons. The number of amides is 3. The topological polar surface area (TPSA) is 95.9 Å². The summed E-state index contributed by atoms with van der Waals surface area (Å²) in [5, 5.41) is 11.0. The number of carboxylic acids is 1. The fourth-order valence-corrected chi connectivity index (χ4v) is 1.52. The normalized spacial score (nSPS) is 11.9. The average molecular weight is 300 g/mol. The Balaban J connectivity index is 4.85. The second-order valence-corrected chi connectivity index (χ2v) is 5.15. The average Bonchev–Trinajstić information content (AvgIpc) is 2.40. The van der Waals surface area contributed by atoms with Crippen molar-refractivity contribution in [1.29, 1.82) is 0 Å². The predicted molar refractivity (Wildman–Crippen MR) is 77.8 cm³/mol. The van der Waals surface area contributed by atoms with Crippen molar-refractivity contribution in [1.82, 2.24) is 10.2 Å². The minimum Gasteiger partial charge on any atom is -0.478 e. The van der Waals surface area contributed by atoms with Crippen LogP contribution in [0.1, 0.15) is 27.7 Å². The minimum atomic E-state index is -1.19. The number of hydrogen-bond donors (Lipinski definition) is 2. The molecular weight excluding hydrogens is 276 g/mol. The lowest BCUT2D eigenvalue weighted by Gasteiger charge is -2.24. The van der Waals surface area contributed by atoms with E-state index in [-0.39, 0.29) is 17.1 Å². The fraction of sp³-hybridized carbons (Fsp3) is 0.643. The standard InChI is InChI=1S/C14H24N2O5/c1-9(2)8-16(6-7-21-5)14(20)15-12(17)10(3)11(4)13(18)19/h9H,6-8H2,1-5H3,(H,18,19)(H,15,17,20). The molecule has 0 rings (SSSR count). The molecular formula is C14H24N2O5. The molecule has 0 radical (unpaired) electrons. The molecule has 0 spiro atoms. The molecule has 7 heteroatoms. The number of carboxylic acid groups (broad SMARTS) is 1. The number of rotatable bonds is 7. The first-order valence-corrected chi connectivity index (χ1v) is 6.70. The van der Waals surface area contributed by atoms with Crippen LogP contribution in [0.5, 0.6) is 0 Å². The number of carbonyl (C=O) groups excluding carboxylic acids is 2. The van der Waals surface area contributed by atoms with Crippen molar-refractivity contribution in [2.24, 2.45) is 5.92 Å². The van der Waals surface area contributed by atoms with Gasteiger partial charge < -0.3 is 14.7 Å².